The fraction of sp³-hybridized carbons (Fsp3) is 0.429. The van der Waals surface area contributed by atoms with Crippen molar-refractivity contribution in [1.29, 1.82) is 0 Å². The lowest BCUT2D eigenvalue weighted by molar-refractivity contribution is 0.310. The van der Waals surface area contributed by atoms with Crippen molar-refractivity contribution in [3.05, 3.63) is 23.8 Å². The van der Waals surface area contributed by atoms with Gasteiger partial charge in [-0.3, -0.25) is 0 Å². The van der Waals surface area contributed by atoms with E-state index in [0.717, 1.165) is 23.6 Å². The molecule has 1 rings (SSSR count). The smallest absolute Gasteiger partial charge is 0.161 e. The molecular formula is C14H19NO2. The maximum atomic E-state index is 5.52. The van der Waals surface area contributed by atoms with Crippen molar-refractivity contribution in [2.45, 2.75) is 20.4 Å². The molecule has 17 heavy (non-hydrogen) atoms. The van der Waals surface area contributed by atoms with Gasteiger partial charge in [0, 0.05) is 6.54 Å². The third kappa shape index (κ3) is 4.38. The minimum Gasteiger partial charge on any atom is -0.493 e. The zero-order valence-electron chi connectivity index (χ0n) is 10.7. The van der Waals surface area contributed by atoms with Crippen molar-refractivity contribution < 1.29 is 9.47 Å². The number of hydrogen-bond acceptors (Lipinski definition) is 3. The minimum atomic E-state index is 0.633. The maximum absolute atomic E-state index is 5.52. The Morgan fingerprint density at radius 2 is 2.12 bits per heavy atom. The van der Waals surface area contributed by atoms with E-state index in [1.807, 2.05) is 32.0 Å². The van der Waals surface area contributed by atoms with Crippen LogP contribution in [0.15, 0.2) is 18.2 Å². The fourth-order valence-electron chi connectivity index (χ4n) is 1.46. The van der Waals surface area contributed by atoms with Gasteiger partial charge < -0.3 is 14.8 Å². The van der Waals surface area contributed by atoms with E-state index in [-0.39, 0.29) is 0 Å². The van der Waals surface area contributed by atoms with E-state index in [4.69, 9.17) is 9.47 Å². The Labute approximate surface area is 103 Å². The Morgan fingerprint density at radius 3 is 2.76 bits per heavy atom. The first-order chi connectivity index (χ1) is 8.31. The molecule has 0 bridgehead atoms. The minimum absolute atomic E-state index is 0.633. The highest BCUT2D eigenvalue weighted by atomic mass is 16.5. The molecule has 0 atom stereocenters. The molecule has 0 aliphatic rings. The van der Waals surface area contributed by atoms with Gasteiger partial charge in [0.05, 0.1) is 20.3 Å². The third-order valence-corrected chi connectivity index (χ3v) is 2.25. The molecule has 0 heterocycles. The second-order valence-corrected chi connectivity index (χ2v) is 3.45. The molecule has 0 radical (unpaired) electrons. The van der Waals surface area contributed by atoms with Gasteiger partial charge in [-0.25, -0.2) is 0 Å². The van der Waals surface area contributed by atoms with Gasteiger partial charge >= 0.3 is 0 Å². The van der Waals surface area contributed by atoms with E-state index in [0.29, 0.717) is 13.2 Å². The standard InChI is InChI=1S/C14H19NO2/c1-4-6-9-15-11-12-7-8-13(16-3)14(10-12)17-5-2/h7-8,10,15H,5,9,11H2,1-3H3. The molecule has 1 aromatic rings. The highest BCUT2D eigenvalue weighted by molar-refractivity contribution is 5.42. The van der Waals surface area contributed by atoms with Crippen LogP contribution in [0.5, 0.6) is 11.5 Å². The van der Waals surface area contributed by atoms with Crippen LogP contribution in [0.25, 0.3) is 0 Å². The summed E-state index contributed by atoms with van der Waals surface area (Å²) in [6.07, 6.45) is 0. The molecule has 0 unspecified atom stereocenters. The van der Waals surface area contributed by atoms with E-state index in [9.17, 15) is 0 Å². The summed E-state index contributed by atoms with van der Waals surface area (Å²) in [6.45, 7) is 5.91. The van der Waals surface area contributed by atoms with Crippen LogP contribution in [0.4, 0.5) is 0 Å². The van der Waals surface area contributed by atoms with Crippen LogP contribution < -0.4 is 14.8 Å². The first-order valence-corrected chi connectivity index (χ1v) is 5.71. The molecule has 0 aliphatic heterocycles. The van der Waals surface area contributed by atoms with Crippen LogP contribution in [0.1, 0.15) is 19.4 Å². The van der Waals surface area contributed by atoms with Gasteiger partial charge in [-0.2, -0.15) is 0 Å². The number of nitrogens with one attached hydrogen (secondary N) is 1. The lowest BCUT2D eigenvalue weighted by Crippen LogP contribution is -2.13. The molecule has 0 saturated carbocycles. The van der Waals surface area contributed by atoms with Crippen LogP contribution in [0.2, 0.25) is 0 Å². The van der Waals surface area contributed by atoms with Gasteiger partial charge in [0.2, 0.25) is 0 Å². The lowest BCUT2D eigenvalue weighted by Gasteiger charge is -2.11. The summed E-state index contributed by atoms with van der Waals surface area (Å²) in [5.41, 5.74) is 1.16. The van der Waals surface area contributed by atoms with Gasteiger partial charge in [-0.1, -0.05) is 12.0 Å². The van der Waals surface area contributed by atoms with Crippen molar-refractivity contribution in [3.63, 3.8) is 0 Å². The molecule has 3 heteroatoms. The zero-order valence-corrected chi connectivity index (χ0v) is 10.7. The molecule has 0 spiro atoms. The van der Waals surface area contributed by atoms with Crippen molar-refractivity contribution in [2.75, 3.05) is 20.3 Å². The van der Waals surface area contributed by atoms with Gasteiger partial charge in [0.1, 0.15) is 0 Å². The van der Waals surface area contributed by atoms with Crippen LogP contribution in [-0.4, -0.2) is 20.3 Å². The molecule has 0 aliphatic carbocycles. The second-order valence-electron chi connectivity index (χ2n) is 3.45. The number of benzene rings is 1. The third-order valence-electron chi connectivity index (χ3n) is 2.25. The molecular weight excluding hydrogens is 214 g/mol. The quantitative estimate of drug-likeness (QED) is 0.603. The number of rotatable bonds is 6. The Hall–Kier alpha value is -1.66. The normalized spacial score (nSPS) is 9.35. The molecule has 3 nitrogen and oxygen atoms in total. The Morgan fingerprint density at radius 1 is 1.29 bits per heavy atom. The summed E-state index contributed by atoms with van der Waals surface area (Å²) < 4.78 is 10.7. The summed E-state index contributed by atoms with van der Waals surface area (Å²) in [5.74, 6) is 7.37. The highest BCUT2D eigenvalue weighted by Crippen LogP contribution is 2.27. The first kappa shape index (κ1) is 13.4. The van der Waals surface area contributed by atoms with Crippen molar-refractivity contribution >= 4 is 0 Å². The zero-order chi connectivity index (χ0) is 12.5. The molecule has 0 fully saturated rings. The van der Waals surface area contributed by atoms with E-state index in [1.54, 1.807) is 7.11 Å². The van der Waals surface area contributed by atoms with Gasteiger partial charge in [-0.15, -0.1) is 5.92 Å². The van der Waals surface area contributed by atoms with E-state index < -0.39 is 0 Å². The average Bonchev–Trinajstić information content (AvgIpc) is 2.35. The van der Waals surface area contributed by atoms with Gasteiger partial charge in [0.25, 0.3) is 0 Å². The maximum Gasteiger partial charge on any atom is 0.161 e. The summed E-state index contributed by atoms with van der Waals surface area (Å²) in [5, 5.41) is 3.24. The van der Waals surface area contributed by atoms with E-state index in [2.05, 4.69) is 17.2 Å². The van der Waals surface area contributed by atoms with Gasteiger partial charge in [-0.05, 0) is 31.5 Å². The van der Waals surface area contributed by atoms with E-state index in [1.165, 1.54) is 0 Å². The lowest BCUT2D eigenvalue weighted by atomic mass is 10.2. The fourth-order valence-corrected chi connectivity index (χ4v) is 1.46. The van der Waals surface area contributed by atoms with Crippen LogP contribution in [0, 0.1) is 11.8 Å². The Balaban J connectivity index is 2.65. The second kappa shape index (κ2) is 7.59. The van der Waals surface area contributed by atoms with Crippen molar-refractivity contribution in [1.82, 2.24) is 5.32 Å². The summed E-state index contributed by atoms with van der Waals surface area (Å²) in [7, 11) is 1.65. The van der Waals surface area contributed by atoms with Crippen LogP contribution >= 0.6 is 0 Å². The molecule has 0 saturated heterocycles. The number of methoxy groups -OCH3 is 1. The van der Waals surface area contributed by atoms with Gasteiger partial charge in [0.15, 0.2) is 11.5 Å². The van der Waals surface area contributed by atoms with Crippen LogP contribution in [-0.2, 0) is 6.54 Å². The molecule has 0 amide bonds. The molecule has 0 aromatic heterocycles. The van der Waals surface area contributed by atoms with E-state index >= 15 is 0 Å². The van der Waals surface area contributed by atoms with Crippen LogP contribution in [0.3, 0.4) is 0 Å². The topological polar surface area (TPSA) is 30.5 Å². The summed E-state index contributed by atoms with van der Waals surface area (Å²) in [4.78, 5) is 0. The summed E-state index contributed by atoms with van der Waals surface area (Å²) >= 11 is 0. The monoisotopic (exact) mass is 233 g/mol. The average molecular weight is 233 g/mol. The van der Waals surface area contributed by atoms with Crippen molar-refractivity contribution in [2.24, 2.45) is 0 Å². The number of ether oxygens (including phenoxy) is 2. The van der Waals surface area contributed by atoms with Crippen molar-refractivity contribution in [3.8, 4) is 23.3 Å². The number of hydrogen-bond donors (Lipinski definition) is 1. The Bertz CT molecular complexity index is 404. The molecule has 1 aromatic carbocycles. The highest BCUT2D eigenvalue weighted by Gasteiger charge is 2.04. The SMILES string of the molecule is CC#CCNCc1ccc(OC)c(OCC)c1. The molecule has 1 N–H and O–H groups in total. The Kier molecular flexibility index (Phi) is 5.98. The predicted octanol–water partition coefficient (Wildman–Crippen LogP) is 2.21. The first-order valence-electron chi connectivity index (χ1n) is 5.71. The predicted molar refractivity (Wildman–Crippen MR) is 69.3 cm³/mol. The molecule has 92 valence electrons. The summed E-state index contributed by atoms with van der Waals surface area (Å²) in [6, 6.07) is 5.94. The largest absolute Gasteiger partial charge is 0.493 e.